The smallest absolute Gasteiger partial charge is 0.0644 e. The molecule has 1 saturated heterocycles. The Morgan fingerprint density at radius 1 is 1.26 bits per heavy atom. The topological polar surface area (TPSA) is 49.5 Å². The van der Waals surface area contributed by atoms with E-state index in [-0.39, 0.29) is 12.1 Å². The van der Waals surface area contributed by atoms with E-state index in [4.69, 9.17) is 5.73 Å². The molecule has 1 aromatic rings. The molecule has 2 atom stereocenters. The molecule has 19 heavy (non-hydrogen) atoms. The molecule has 1 heterocycles. The number of aliphatic hydroxyl groups is 1. The average molecular weight is 327 g/mol. The lowest BCUT2D eigenvalue weighted by Crippen LogP contribution is -2.48. The van der Waals surface area contributed by atoms with Crippen LogP contribution in [0.15, 0.2) is 28.7 Å². The molecule has 4 heteroatoms. The summed E-state index contributed by atoms with van der Waals surface area (Å²) in [5.74, 6) is 0. The van der Waals surface area contributed by atoms with Crippen LogP contribution in [0, 0.1) is 0 Å². The molecule has 0 saturated carbocycles. The fourth-order valence-electron chi connectivity index (χ4n) is 2.79. The van der Waals surface area contributed by atoms with Gasteiger partial charge in [0.2, 0.25) is 0 Å². The highest BCUT2D eigenvalue weighted by atomic mass is 79.9. The van der Waals surface area contributed by atoms with Crippen LogP contribution >= 0.6 is 15.9 Å². The Labute approximate surface area is 123 Å². The fraction of sp³-hybridized carbons (Fsp3) is 0.600. The van der Waals surface area contributed by atoms with Crippen molar-refractivity contribution < 1.29 is 5.11 Å². The quantitative estimate of drug-likeness (QED) is 0.897. The van der Waals surface area contributed by atoms with E-state index in [1.54, 1.807) is 0 Å². The highest BCUT2D eigenvalue weighted by molar-refractivity contribution is 9.10. The maximum absolute atomic E-state index is 10.1. The van der Waals surface area contributed by atoms with Gasteiger partial charge in [0.25, 0.3) is 0 Å². The summed E-state index contributed by atoms with van der Waals surface area (Å²) in [7, 11) is 0. The Morgan fingerprint density at radius 2 is 1.79 bits per heavy atom. The zero-order valence-corrected chi connectivity index (χ0v) is 13.2. The highest BCUT2D eigenvalue weighted by Gasteiger charge is 2.32. The molecule has 106 valence electrons. The van der Waals surface area contributed by atoms with Crippen LogP contribution in [0.4, 0.5) is 0 Å². The van der Waals surface area contributed by atoms with E-state index in [1.165, 1.54) is 5.56 Å². The van der Waals surface area contributed by atoms with Crippen molar-refractivity contribution in [1.29, 1.82) is 0 Å². The van der Waals surface area contributed by atoms with Crippen LogP contribution in [0.25, 0.3) is 0 Å². The summed E-state index contributed by atoms with van der Waals surface area (Å²) in [6.45, 7) is 5.77. The molecule has 0 aromatic heterocycles. The minimum atomic E-state index is -0.515. The lowest BCUT2D eigenvalue weighted by molar-refractivity contribution is -0.0194. The van der Waals surface area contributed by atoms with Gasteiger partial charge in [-0.25, -0.2) is 0 Å². The second-order valence-corrected chi connectivity index (χ2v) is 6.80. The molecule has 3 nitrogen and oxygen atoms in total. The first-order valence-corrected chi connectivity index (χ1v) is 7.66. The summed E-state index contributed by atoms with van der Waals surface area (Å²) in [5, 5.41) is 10.1. The molecule has 1 aromatic carbocycles. The summed E-state index contributed by atoms with van der Waals surface area (Å²) >= 11 is 3.46. The Kier molecular flexibility index (Phi) is 4.66. The van der Waals surface area contributed by atoms with Crippen molar-refractivity contribution in [3.8, 4) is 0 Å². The summed E-state index contributed by atoms with van der Waals surface area (Å²) in [6, 6.07) is 8.68. The van der Waals surface area contributed by atoms with E-state index in [0.29, 0.717) is 0 Å². The third-order valence-corrected chi connectivity index (χ3v) is 4.51. The monoisotopic (exact) mass is 326 g/mol. The second kappa shape index (κ2) is 5.92. The zero-order chi connectivity index (χ0) is 14.0. The molecule has 1 aliphatic rings. The van der Waals surface area contributed by atoms with Crippen molar-refractivity contribution >= 4 is 15.9 Å². The molecule has 0 radical (unpaired) electrons. The van der Waals surface area contributed by atoms with Crippen molar-refractivity contribution in [2.24, 2.45) is 5.73 Å². The molecule has 1 aliphatic heterocycles. The maximum Gasteiger partial charge on any atom is 0.0644 e. The van der Waals surface area contributed by atoms with Gasteiger partial charge in [-0.15, -0.1) is 0 Å². The first-order valence-electron chi connectivity index (χ1n) is 6.86. The Bertz CT molecular complexity index is 407. The van der Waals surface area contributed by atoms with Gasteiger partial charge in [0, 0.05) is 29.6 Å². The van der Waals surface area contributed by atoms with Crippen LogP contribution in [0.1, 0.15) is 38.3 Å². The number of piperidine rings is 1. The largest absolute Gasteiger partial charge is 0.390 e. The Hall–Kier alpha value is -0.420. The first kappa shape index (κ1) is 15.0. The molecule has 0 bridgehead atoms. The summed E-state index contributed by atoms with van der Waals surface area (Å²) < 4.78 is 1.08. The molecule has 2 rings (SSSR count). The average Bonchev–Trinajstić information content (AvgIpc) is 2.33. The number of halogens is 1. The maximum atomic E-state index is 10.1. The first-order chi connectivity index (χ1) is 8.89. The van der Waals surface area contributed by atoms with E-state index >= 15 is 0 Å². The van der Waals surface area contributed by atoms with E-state index in [2.05, 4.69) is 52.0 Å². The molecule has 0 aliphatic carbocycles. The molecule has 1 fully saturated rings. The highest BCUT2D eigenvalue weighted by Crippen LogP contribution is 2.30. The van der Waals surface area contributed by atoms with Crippen LogP contribution in [-0.2, 0) is 0 Å². The Morgan fingerprint density at radius 3 is 2.26 bits per heavy atom. The lowest BCUT2D eigenvalue weighted by atomic mass is 9.90. The SMILES string of the molecule is CC(N)C(c1ccc(Br)cc1)N1CCC(C)(O)CC1. The van der Waals surface area contributed by atoms with Crippen LogP contribution in [0.3, 0.4) is 0 Å². The summed E-state index contributed by atoms with van der Waals surface area (Å²) in [4.78, 5) is 2.39. The third-order valence-electron chi connectivity index (χ3n) is 3.98. The number of likely N-dealkylation sites (tertiary alicyclic amines) is 1. The predicted octanol–water partition coefficient (Wildman–Crippen LogP) is 2.68. The molecule has 3 N–H and O–H groups in total. The minimum absolute atomic E-state index is 0.0734. The van der Waals surface area contributed by atoms with E-state index < -0.39 is 5.60 Å². The van der Waals surface area contributed by atoms with E-state index in [9.17, 15) is 5.11 Å². The third kappa shape index (κ3) is 3.78. The number of nitrogens with two attached hydrogens (primary N) is 1. The van der Waals surface area contributed by atoms with Gasteiger partial charge in [-0.3, -0.25) is 4.90 Å². The zero-order valence-electron chi connectivity index (χ0n) is 11.6. The normalized spacial score (nSPS) is 23.0. The number of rotatable bonds is 3. The molecule has 2 unspecified atom stereocenters. The number of hydrogen-bond acceptors (Lipinski definition) is 3. The number of benzene rings is 1. The van der Waals surface area contributed by atoms with Gasteiger partial charge in [-0.2, -0.15) is 0 Å². The standard InChI is InChI=1S/C15H23BrN2O/c1-11(17)14(12-3-5-13(16)6-4-12)18-9-7-15(2,19)8-10-18/h3-6,11,14,19H,7-10,17H2,1-2H3. The molecular formula is C15H23BrN2O. The van der Waals surface area contributed by atoms with Gasteiger partial charge in [-0.1, -0.05) is 28.1 Å². The van der Waals surface area contributed by atoms with Crippen LogP contribution < -0.4 is 5.73 Å². The Balaban J connectivity index is 2.15. The van der Waals surface area contributed by atoms with Crippen molar-refractivity contribution in [3.05, 3.63) is 34.3 Å². The molecule has 0 spiro atoms. The second-order valence-electron chi connectivity index (χ2n) is 5.89. The van der Waals surface area contributed by atoms with Crippen molar-refractivity contribution in [2.45, 2.75) is 44.4 Å². The summed E-state index contributed by atoms with van der Waals surface area (Å²) in [6.07, 6.45) is 1.62. The van der Waals surface area contributed by atoms with Crippen LogP contribution in [0.5, 0.6) is 0 Å². The van der Waals surface area contributed by atoms with Gasteiger partial charge in [0.05, 0.1) is 5.60 Å². The van der Waals surface area contributed by atoms with Gasteiger partial charge < -0.3 is 10.8 Å². The van der Waals surface area contributed by atoms with Crippen LogP contribution in [0.2, 0.25) is 0 Å². The molecule has 0 amide bonds. The van der Waals surface area contributed by atoms with Crippen LogP contribution in [-0.4, -0.2) is 34.7 Å². The van der Waals surface area contributed by atoms with E-state index in [0.717, 1.165) is 30.4 Å². The van der Waals surface area contributed by atoms with Gasteiger partial charge in [-0.05, 0) is 44.4 Å². The van der Waals surface area contributed by atoms with Crippen molar-refractivity contribution in [1.82, 2.24) is 4.90 Å². The van der Waals surface area contributed by atoms with Gasteiger partial charge in [0.1, 0.15) is 0 Å². The minimum Gasteiger partial charge on any atom is -0.390 e. The number of hydrogen-bond donors (Lipinski definition) is 2. The predicted molar refractivity (Wildman–Crippen MR) is 82.0 cm³/mol. The van der Waals surface area contributed by atoms with Gasteiger partial charge >= 0.3 is 0 Å². The number of nitrogens with zero attached hydrogens (tertiary/aromatic N) is 1. The van der Waals surface area contributed by atoms with Crippen molar-refractivity contribution in [3.63, 3.8) is 0 Å². The lowest BCUT2D eigenvalue weighted by Gasteiger charge is -2.41. The molecular weight excluding hydrogens is 304 g/mol. The van der Waals surface area contributed by atoms with E-state index in [1.807, 2.05) is 6.92 Å². The van der Waals surface area contributed by atoms with Crippen molar-refractivity contribution in [2.75, 3.05) is 13.1 Å². The van der Waals surface area contributed by atoms with Gasteiger partial charge in [0.15, 0.2) is 0 Å². The summed E-state index contributed by atoms with van der Waals surface area (Å²) in [5.41, 5.74) is 6.92. The fourth-order valence-corrected chi connectivity index (χ4v) is 3.06.